The van der Waals surface area contributed by atoms with E-state index in [4.69, 9.17) is 5.11 Å². The molecule has 1 aromatic carbocycles. The summed E-state index contributed by atoms with van der Waals surface area (Å²) in [6.07, 6.45) is 2.88. The average molecular weight is 178 g/mol. The lowest BCUT2D eigenvalue weighted by molar-refractivity contribution is -0.134. The molecule has 0 aliphatic heterocycles. The number of esters is 1. The van der Waals surface area contributed by atoms with Crippen LogP contribution in [0.15, 0.2) is 30.3 Å². The van der Waals surface area contributed by atoms with E-state index in [0.29, 0.717) is 0 Å². The molecular formula is C10H10O3. The van der Waals surface area contributed by atoms with Crippen molar-refractivity contribution in [1.82, 2.24) is 0 Å². The summed E-state index contributed by atoms with van der Waals surface area (Å²) in [5, 5.41) is 9.09. The maximum Gasteiger partial charge on any atom is 0.330 e. The van der Waals surface area contributed by atoms with Gasteiger partial charge < -0.3 is 9.84 Å². The first-order valence-corrected chi connectivity index (χ1v) is 3.77. The predicted octanol–water partition coefficient (Wildman–Crippen LogP) is 1.58. The molecule has 0 unspecified atom stereocenters. The molecule has 0 aliphatic carbocycles. The van der Waals surface area contributed by atoms with E-state index >= 15 is 0 Å². The number of hydrogen-bond donors (Lipinski definition) is 1. The molecule has 3 heteroatoms. The molecule has 0 fully saturated rings. The fourth-order valence-electron chi connectivity index (χ4n) is 0.861. The summed E-state index contributed by atoms with van der Waals surface area (Å²) in [7, 11) is 1.31. The lowest BCUT2D eigenvalue weighted by atomic mass is 10.2. The van der Waals surface area contributed by atoms with Crippen molar-refractivity contribution < 1.29 is 14.6 Å². The molecule has 3 nitrogen and oxygen atoms in total. The Balaban J connectivity index is 2.74. The van der Waals surface area contributed by atoms with E-state index in [9.17, 15) is 4.79 Å². The highest BCUT2D eigenvalue weighted by atomic mass is 16.5. The molecule has 0 bridgehead atoms. The fraction of sp³-hybridized carbons (Fsp3) is 0.100. The molecule has 1 rings (SSSR count). The van der Waals surface area contributed by atoms with Crippen molar-refractivity contribution in [3.8, 4) is 5.75 Å². The van der Waals surface area contributed by atoms with Crippen LogP contribution in [0.4, 0.5) is 0 Å². The number of phenols is 1. The summed E-state index contributed by atoms with van der Waals surface area (Å²) in [4.78, 5) is 10.7. The van der Waals surface area contributed by atoms with Gasteiger partial charge in [0.15, 0.2) is 0 Å². The van der Waals surface area contributed by atoms with Crippen LogP contribution in [-0.4, -0.2) is 18.2 Å². The minimum atomic E-state index is -0.414. The smallest absolute Gasteiger partial charge is 0.330 e. The molecule has 0 saturated carbocycles. The van der Waals surface area contributed by atoms with Gasteiger partial charge in [-0.2, -0.15) is 0 Å². The Bertz CT molecular complexity index is 329. The number of rotatable bonds is 2. The molecule has 0 amide bonds. The van der Waals surface area contributed by atoms with Gasteiger partial charge in [-0.25, -0.2) is 4.79 Å². The molecule has 0 spiro atoms. The zero-order chi connectivity index (χ0) is 9.68. The quantitative estimate of drug-likeness (QED) is 0.552. The van der Waals surface area contributed by atoms with E-state index < -0.39 is 5.97 Å². The summed E-state index contributed by atoms with van der Waals surface area (Å²) in [5.41, 5.74) is 0.755. The third-order valence-corrected chi connectivity index (χ3v) is 1.48. The maximum absolute atomic E-state index is 10.7. The molecule has 0 atom stereocenters. The van der Waals surface area contributed by atoms with Crippen LogP contribution in [-0.2, 0) is 9.53 Å². The Labute approximate surface area is 76.3 Å². The van der Waals surface area contributed by atoms with Crippen LogP contribution in [0.25, 0.3) is 6.08 Å². The highest BCUT2D eigenvalue weighted by molar-refractivity contribution is 5.86. The summed E-state index contributed by atoms with van der Waals surface area (Å²) in [5.74, 6) is -0.240. The molecular weight excluding hydrogens is 168 g/mol. The second kappa shape index (κ2) is 4.30. The average Bonchev–Trinajstić information content (AvgIpc) is 2.14. The van der Waals surface area contributed by atoms with E-state index in [-0.39, 0.29) is 5.75 Å². The summed E-state index contributed by atoms with van der Waals surface area (Å²) in [6.45, 7) is 0. The van der Waals surface area contributed by atoms with Crippen molar-refractivity contribution >= 4 is 12.0 Å². The number of ether oxygens (including phenoxy) is 1. The third kappa shape index (κ3) is 2.99. The molecule has 13 heavy (non-hydrogen) atoms. The fourth-order valence-corrected chi connectivity index (χ4v) is 0.861. The van der Waals surface area contributed by atoms with Gasteiger partial charge in [0.05, 0.1) is 7.11 Å². The topological polar surface area (TPSA) is 46.5 Å². The first-order chi connectivity index (χ1) is 6.22. The van der Waals surface area contributed by atoms with Crippen LogP contribution in [0.2, 0.25) is 0 Å². The van der Waals surface area contributed by atoms with Crippen LogP contribution in [0, 0.1) is 0 Å². The van der Waals surface area contributed by atoms with Gasteiger partial charge in [0.25, 0.3) is 0 Å². The second-order valence-electron chi connectivity index (χ2n) is 2.45. The van der Waals surface area contributed by atoms with Crippen LogP contribution >= 0.6 is 0 Å². The van der Waals surface area contributed by atoms with Gasteiger partial charge in [0, 0.05) is 6.08 Å². The largest absolute Gasteiger partial charge is 0.508 e. The summed E-state index contributed by atoms with van der Waals surface area (Å²) in [6, 6.07) is 6.60. The van der Waals surface area contributed by atoms with Gasteiger partial charge in [-0.15, -0.1) is 0 Å². The SMILES string of the molecule is COC(=O)/C=C/c1cccc(O)c1. The first kappa shape index (κ1) is 9.32. The van der Waals surface area contributed by atoms with Gasteiger partial charge >= 0.3 is 5.97 Å². The highest BCUT2D eigenvalue weighted by Gasteiger charge is 1.92. The number of carbonyl (C=O) groups excluding carboxylic acids is 1. The molecule has 1 N–H and O–H groups in total. The van der Waals surface area contributed by atoms with Crippen LogP contribution in [0.5, 0.6) is 5.75 Å². The van der Waals surface area contributed by atoms with Crippen molar-refractivity contribution in [3.63, 3.8) is 0 Å². The van der Waals surface area contributed by atoms with Crippen molar-refractivity contribution in [2.75, 3.05) is 7.11 Å². The van der Waals surface area contributed by atoms with E-state index in [1.807, 2.05) is 0 Å². The second-order valence-corrected chi connectivity index (χ2v) is 2.45. The Morgan fingerprint density at radius 1 is 1.54 bits per heavy atom. The zero-order valence-corrected chi connectivity index (χ0v) is 7.23. The van der Waals surface area contributed by atoms with E-state index in [2.05, 4.69) is 4.74 Å². The standard InChI is InChI=1S/C10H10O3/c1-13-10(12)6-5-8-3-2-4-9(11)7-8/h2-7,11H,1H3/b6-5+. The number of benzene rings is 1. The van der Waals surface area contributed by atoms with Crippen LogP contribution in [0.1, 0.15) is 5.56 Å². The summed E-state index contributed by atoms with van der Waals surface area (Å²) >= 11 is 0. The third-order valence-electron chi connectivity index (χ3n) is 1.48. The maximum atomic E-state index is 10.7. The zero-order valence-electron chi connectivity index (χ0n) is 7.23. The molecule has 0 aliphatic rings. The molecule has 0 radical (unpaired) electrons. The number of carbonyl (C=O) groups is 1. The number of aromatic hydroxyl groups is 1. The Morgan fingerprint density at radius 2 is 2.31 bits per heavy atom. The molecule has 68 valence electrons. The molecule has 0 saturated heterocycles. The van der Waals surface area contributed by atoms with Crippen molar-refractivity contribution in [2.24, 2.45) is 0 Å². The molecule has 1 aromatic rings. The van der Waals surface area contributed by atoms with Gasteiger partial charge in [-0.1, -0.05) is 12.1 Å². The lowest BCUT2D eigenvalue weighted by Gasteiger charge is -1.94. The number of methoxy groups -OCH3 is 1. The number of phenolic OH excluding ortho intramolecular Hbond substituents is 1. The van der Waals surface area contributed by atoms with E-state index in [1.54, 1.807) is 30.3 Å². The van der Waals surface area contributed by atoms with Gasteiger partial charge in [-0.05, 0) is 23.8 Å². The monoisotopic (exact) mass is 178 g/mol. The Hall–Kier alpha value is -1.77. The summed E-state index contributed by atoms with van der Waals surface area (Å²) < 4.78 is 4.41. The van der Waals surface area contributed by atoms with Crippen molar-refractivity contribution in [3.05, 3.63) is 35.9 Å². The Morgan fingerprint density at radius 3 is 2.92 bits per heavy atom. The molecule has 0 heterocycles. The highest BCUT2D eigenvalue weighted by Crippen LogP contribution is 2.11. The number of hydrogen-bond acceptors (Lipinski definition) is 3. The Kier molecular flexibility index (Phi) is 3.09. The van der Waals surface area contributed by atoms with Crippen molar-refractivity contribution in [2.45, 2.75) is 0 Å². The predicted molar refractivity (Wildman–Crippen MR) is 49.2 cm³/mol. The van der Waals surface area contributed by atoms with E-state index in [1.165, 1.54) is 13.2 Å². The van der Waals surface area contributed by atoms with Crippen LogP contribution in [0.3, 0.4) is 0 Å². The van der Waals surface area contributed by atoms with Crippen LogP contribution < -0.4 is 0 Å². The van der Waals surface area contributed by atoms with E-state index in [0.717, 1.165) is 5.56 Å². The molecule has 0 aromatic heterocycles. The van der Waals surface area contributed by atoms with Gasteiger partial charge in [0.2, 0.25) is 0 Å². The normalized spacial score (nSPS) is 10.2. The minimum Gasteiger partial charge on any atom is -0.508 e. The van der Waals surface area contributed by atoms with Gasteiger partial charge in [-0.3, -0.25) is 0 Å². The minimum absolute atomic E-state index is 0.173. The van der Waals surface area contributed by atoms with Gasteiger partial charge in [0.1, 0.15) is 5.75 Å². The lowest BCUT2D eigenvalue weighted by Crippen LogP contribution is -1.93. The van der Waals surface area contributed by atoms with Crippen molar-refractivity contribution in [1.29, 1.82) is 0 Å². The first-order valence-electron chi connectivity index (χ1n) is 3.77.